The van der Waals surface area contributed by atoms with Crippen molar-refractivity contribution in [2.24, 2.45) is 5.92 Å². The van der Waals surface area contributed by atoms with E-state index in [1.165, 1.54) is 6.26 Å². The van der Waals surface area contributed by atoms with Crippen LogP contribution in [0.4, 0.5) is 0 Å². The Morgan fingerprint density at radius 2 is 1.94 bits per heavy atom. The van der Waals surface area contributed by atoms with Crippen molar-refractivity contribution >= 4 is 9.84 Å². The van der Waals surface area contributed by atoms with E-state index in [2.05, 4.69) is 0 Å². The van der Waals surface area contributed by atoms with Crippen LogP contribution in [0, 0.1) is 5.92 Å². The second-order valence-corrected chi connectivity index (χ2v) is 6.85. The third-order valence-corrected chi connectivity index (χ3v) is 4.58. The fraction of sp³-hybridized carbons (Fsp3) is 0.538. The molecule has 1 unspecified atom stereocenters. The molecule has 1 aromatic rings. The molecular weight excluding hydrogens is 236 g/mol. The van der Waals surface area contributed by atoms with Crippen LogP contribution in [0.2, 0.25) is 0 Å². The lowest BCUT2D eigenvalue weighted by atomic mass is 9.94. The average molecular weight is 254 g/mol. The highest BCUT2D eigenvalue weighted by molar-refractivity contribution is 7.90. The van der Waals surface area contributed by atoms with Crippen molar-refractivity contribution in [1.29, 1.82) is 0 Å². The van der Waals surface area contributed by atoms with E-state index >= 15 is 0 Å². The summed E-state index contributed by atoms with van der Waals surface area (Å²) in [5.74, 6) is 0.282. The molecule has 0 bridgehead atoms. The zero-order valence-corrected chi connectivity index (χ0v) is 10.8. The predicted molar refractivity (Wildman–Crippen MR) is 66.5 cm³/mol. The van der Waals surface area contributed by atoms with Gasteiger partial charge in [0.15, 0.2) is 9.84 Å². The van der Waals surface area contributed by atoms with Crippen LogP contribution in [0.5, 0.6) is 0 Å². The molecule has 1 aliphatic carbocycles. The van der Waals surface area contributed by atoms with Crippen LogP contribution in [0.1, 0.15) is 37.4 Å². The molecule has 1 N–H and O–H groups in total. The monoisotopic (exact) mass is 254 g/mol. The Morgan fingerprint density at radius 3 is 2.53 bits per heavy atom. The summed E-state index contributed by atoms with van der Waals surface area (Å²) in [6.07, 6.45) is 5.04. The number of aliphatic hydroxyl groups is 1. The summed E-state index contributed by atoms with van der Waals surface area (Å²) in [7, 11) is -3.19. The zero-order valence-electron chi connectivity index (χ0n) is 9.96. The summed E-state index contributed by atoms with van der Waals surface area (Å²) in [6, 6.07) is 6.67. The SMILES string of the molecule is CS(=O)(=O)c1cccc(C(O)C2CCCC2)c1. The molecule has 0 aliphatic heterocycles. The van der Waals surface area contributed by atoms with Crippen molar-refractivity contribution in [2.45, 2.75) is 36.7 Å². The van der Waals surface area contributed by atoms with Gasteiger partial charge in [0.05, 0.1) is 11.0 Å². The summed E-state index contributed by atoms with van der Waals surface area (Å²) in [6.45, 7) is 0. The third-order valence-electron chi connectivity index (χ3n) is 3.47. The maximum Gasteiger partial charge on any atom is 0.175 e. The van der Waals surface area contributed by atoms with Crippen LogP contribution >= 0.6 is 0 Å². The topological polar surface area (TPSA) is 54.4 Å². The van der Waals surface area contributed by atoms with Crippen molar-refractivity contribution in [3.05, 3.63) is 29.8 Å². The second kappa shape index (κ2) is 4.78. The van der Waals surface area contributed by atoms with Gasteiger partial charge in [0.25, 0.3) is 0 Å². The van der Waals surface area contributed by atoms with Gasteiger partial charge in [0.1, 0.15) is 0 Å². The van der Waals surface area contributed by atoms with Gasteiger partial charge in [0, 0.05) is 6.26 Å². The molecule has 94 valence electrons. The lowest BCUT2D eigenvalue weighted by Gasteiger charge is -2.18. The fourth-order valence-corrected chi connectivity index (χ4v) is 3.15. The van der Waals surface area contributed by atoms with Gasteiger partial charge in [-0.25, -0.2) is 8.42 Å². The number of sulfone groups is 1. The molecule has 0 radical (unpaired) electrons. The van der Waals surface area contributed by atoms with Crippen LogP contribution in [-0.4, -0.2) is 19.8 Å². The number of hydrogen-bond acceptors (Lipinski definition) is 3. The number of rotatable bonds is 3. The minimum absolute atomic E-state index is 0.282. The molecule has 0 aromatic heterocycles. The Labute approximate surface area is 102 Å². The van der Waals surface area contributed by atoms with Gasteiger partial charge in [-0.2, -0.15) is 0 Å². The zero-order chi connectivity index (χ0) is 12.5. The lowest BCUT2D eigenvalue weighted by Crippen LogP contribution is -2.09. The summed E-state index contributed by atoms with van der Waals surface area (Å²) in [4.78, 5) is 0.284. The fourth-order valence-electron chi connectivity index (χ4n) is 2.47. The molecule has 0 amide bonds. The second-order valence-electron chi connectivity index (χ2n) is 4.83. The number of benzene rings is 1. The highest BCUT2D eigenvalue weighted by atomic mass is 32.2. The van der Waals surface area contributed by atoms with Crippen molar-refractivity contribution in [2.75, 3.05) is 6.26 Å². The Balaban J connectivity index is 2.26. The van der Waals surface area contributed by atoms with Crippen molar-refractivity contribution in [1.82, 2.24) is 0 Å². The van der Waals surface area contributed by atoms with E-state index in [-0.39, 0.29) is 10.8 Å². The molecule has 2 rings (SSSR count). The molecule has 1 atom stereocenters. The molecular formula is C13H18O3S. The van der Waals surface area contributed by atoms with E-state index < -0.39 is 15.9 Å². The van der Waals surface area contributed by atoms with E-state index in [9.17, 15) is 13.5 Å². The molecule has 17 heavy (non-hydrogen) atoms. The van der Waals surface area contributed by atoms with Gasteiger partial charge < -0.3 is 5.11 Å². The molecule has 1 aromatic carbocycles. The van der Waals surface area contributed by atoms with Crippen LogP contribution in [0.15, 0.2) is 29.2 Å². The molecule has 1 fully saturated rings. The summed E-state index contributed by atoms with van der Waals surface area (Å²) < 4.78 is 22.9. The highest BCUT2D eigenvalue weighted by Gasteiger charge is 2.24. The highest BCUT2D eigenvalue weighted by Crippen LogP contribution is 2.35. The predicted octanol–water partition coefficient (Wildman–Crippen LogP) is 2.31. The van der Waals surface area contributed by atoms with Crippen molar-refractivity contribution in [3.63, 3.8) is 0 Å². The first kappa shape index (κ1) is 12.6. The standard InChI is InChI=1S/C13H18O3S/c1-17(15,16)12-8-4-7-11(9-12)13(14)10-5-2-3-6-10/h4,7-10,13-14H,2-3,5-6H2,1H3. The van der Waals surface area contributed by atoms with Gasteiger partial charge in [0.2, 0.25) is 0 Å². The minimum atomic E-state index is -3.19. The van der Waals surface area contributed by atoms with E-state index in [1.807, 2.05) is 0 Å². The lowest BCUT2D eigenvalue weighted by molar-refractivity contribution is 0.111. The molecule has 0 saturated heterocycles. The normalized spacial score (nSPS) is 19.4. The Hall–Kier alpha value is -0.870. The molecule has 1 saturated carbocycles. The van der Waals surface area contributed by atoms with E-state index in [0.29, 0.717) is 0 Å². The first-order valence-electron chi connectivity index (χ1n) is 5.96. The van der Waals surface area contributed by atoms with Crippen LogP contribution in [-0.2, 0) is 9.84 Å². The van der Waals surface area contributed by atoms with Crippen LogP contribution in [0.3, 0.4) is 0 Å². The van der Waals surface area contributed by atoms with Crippen molar-refractivity contribution in [3.8, 4) is 0 Å². The van der Waals surface area contributed by atoms with Gasteiger partial charge in [-0.15, -0.1) is 0 Å². The maximum absolute atomic E-state index is 11.4. The maximum atomic E-state index is 11.4. The molecule has 4 heteroatoms. The van der Waals surface area contributed by atoms with Crippen molar-refractivity contribution < 1.29 is 13.5 Å². The Bertz CT molecular complexity index is 487. The third kappa shape index (κ3) is 2.87. The summed E-state index contributed by atoms with van der Waals surface area (Å²) >= 11 is 0. The minimum Gasteiger partial charge on any atom is -0.388 e. The summed E-state index contributed by atoms with van der Waals surface area (Å²) in [5.41, 5.74) is 0.722. The molecule has 0 spiro atoms. The summed E-state index contributed by atoms with van der Waals surface area (Å²) in [5, 5.41) is 10.2. The quantitative estimate of drug-likeness (QED) is 0.900. The van der Waals surface area contributed by atoms with Gasteiger partial charge in [-0.1, -0.05) is 25.0 Å². The first-order valence-corrected chi connectivity index (χ1v) is 7.86. The Kier molecular flexibility index (Phi) is 3.54. The van der Waals surface area contributed by atoms with Gasteiger partial charge in [-0.3, -0.25) is 0 Å². The molecule has 1 aliphatic rings. The van der Waals surface area contributed by atoms with Crippen LogP contribution < -0.4 is 0 Å². The number of aliphatic hydroxyl groups excluding tert-OH is 1. The van der Waals surface area contributed by atoms with Gasteiger partial charge >= 0.3 is 0 Å². The first-order chi connectivity index (χ1) is 7.98. The van der Waals surface area contributed by atoms with E-state index in [4.69, 9.17) is 0 Å². The van der Waals surface area contributed by atoms with E-state index in [1.54, 1.807) is 24.3 Å². The largest absolute Gasteiger partial charge is 0.388 e. The average Bonchev–Trinajstić information content (AvgIpc) is 2.80. The smallest absolute Gasteiger partial charge is 0.175 e. The van der Waals surface area contributed by atoms with E-state index in [0.717, 1.165) is 31.2 Å². The molecule has 3 nitrogen and oxygen atoms in total. The Morgan fingerprint density at radius 1 is 1.29 bits per heavy atom. The van der Waals surface area contributed by atoms with Crippen LogP contribution in [0.25, 0.3) is 0 Å². The van der Waals surface area contributed by atoms with Gasteiger partial charge in [-0.05, 0) is 36.5 Å². The molecule has 0 heterocycles. The number of hydrogen-bond donors (Lipinski definition) is 1.